The highest BCUT2D eigenvalue weighted by molar-refractivity contribution is 7.22. The number of amides is 1. The number of benzene rings is 2. The van der Waals surface area contributed by atoms with E-state index in [9.17, 15) is 13.6 Å². The Balaban J connectivity index is 1.77. The summed E-state index contributed by atoms with van der Waals surface area (Å²) in [5.74, 6) is -1.79. The zero-order valence-corrected chi connectivity index (χ0v) is 13.7. The van der Waals surface area contributed by atoms with Gasteiger partial charge in [0, 0.05) is 6.07 Å². The molecule has 0 spiro atoms. The van der Waals surface area contributed by atoms with E-state index in [0.29, 0.717) is 20.3 Å². The second-order valence-electron chi connectivity index (χ2n) is 4.73. The van der Waals surface area contributed by atoms with Gasteiger partial charge in [0.1, 0.15) is 11.3 Å². The Morgan fingerprint density at radius 2 is 1.96 bits per heavy atom. The van der Waals surface area contributed by atoms with Crippen LogP contribution in [0, 0.1) is 11.6 Å². The first-order valence-corrected chi connectivity index (χ1v) is 7.99. The first-order chi connectivity index (χ1) is 10.9. The van der Waals surface area contributed by atoms with Gasteiger partial charge in [0.15, 0.2) is 10.9 Å². The first-order valence-electron chi connectivity index (χ1n) is 6.42. The van der Waals surface area contributed by atoms with Gasteiger partial charge < -0.3 is 5.32 Å². The fraction of sp³-hybridized carbons (Fsp3) is 0.0667. The van der Waals surface area contributed by atoms with Crippen molar-refractivity contribution in [3.05, 3.63) is 57.6 Å². The quantitative estimate of drug-likeness (QED) is 0.697. The minimum absolute atomic E-state index is 0.0289. The van der Waals surface area contributed by atoms with Gasteiger partial charge in [-0.05, 0) is 23.8 Å². The van der Waals surface area contributed by atoms with Crippen LogP contribution in [0.5, 0.6) is 0 Å². The lowest BCUT2D eigenvalue weighted by atomic mass is 10.1. The van der Waals surface area contributed by atoms with Crippen LogP contribution in [0.3, 0.4) is 0 Å². The fourth-order valence-corrected chi connectivity index (χ4v) is 3.25. The number of hydrogen-bond donors (Lipinski definition) is 1. The zero-order valence-electron chi connectivity index (χ0n) is 11.4. The lowest BCUT2D eigenvalue weighted by molar-refractivity contribution is -0.115. The van der Waals surface area contributed by atoms with E-state index < -0.39 is 11.6 Å². The molecule has 0 aliphatic carbocycles. The van der Waals surface area contributed by atoms with Gasteiger partial charge in [0.05, 0.1) is 21.2 Å². The minimum atomic E-state index is -0.763. The molecule has 0 fully saturated rings. The summed E-state index contributed by atoms with van der Waals surface area (Å²) in [6, 6.07) is 6.80. The number of rotatable bonds is 3. The van der Waals surface area contributed by atoms with Crippen molar-refractivity contribution in [2.75, 3.05) is 5.32 Å². The molecule has 118 valence electrons. The summed E-state index contributed by atoms with van der Waals surface area (Å²) >= 11 is 12.7. The highest BCUT2D eigenvalue weighted by Gasteiger charge is 2.13. The second kappa shape index (κ2) is 6.39. The van der Waals surface area contributed by atoms with Gasteiger partial charge in [-0.3, -0.25) is 4.79 Å². The van der Waals surface area contributed by atoms with Gasteiger partial charge in [-0.1, -0.05) is 40.6 Å². The van der Waals surface area contributed by atoms with Crippen molar-refractivity contribution in [1.29, 1.82) is 0 Å². The minimum Gasteiger partial charge on any atom is -0.302 e. The summed E-state index contributed by atoms with van der Waals surface area (Å²) in [7, 11) is 0. The summed E-state index contributed by atoms with van der Waals surface area (Å²) in [6.45, 7) is 0. The Morgan fingerprint density at radius 3 is 2.70 bits per heavy atom. The molecule has 0 aliphatic rings. The molecule has 2 aromatic carbocycles. The topological polar surface area (TPSA) is 42.0 Å². The van der Waals surface area contributed by atoms with E-state index in [4.69, 9.17) is 23.2 Å². The molecular weight excluding hydrogens is 365 g/mol. The molecule has 0 unspecified atom stereocenters. The van der Waals surface area contributed by atoms with Crippen LogP contribution in [-0.2, 0) is 11.2 Å². The van der Waals surface area contributed by atoms with Crippen molar-refractivity contribution in [2.45, 2.75) is 6.42 Å². The molecule has 0 bridgehead atoms. The summed E-state index contributed by atoms with van der Waals surface area (Å²) in [5, 5.41) is 3.53. The molecule has 3 aromatic rings. The van der Waals surface area contributed by atoms with Crippen LogP contribution in [0.4, 0.5) is 13.9 Å². The van der Waals surface area contributed by atoms with Gasteiger partial charge >= 0.3 is 0 Å². The Kier molecular flexibility index (Phi) is 4.48. The summed E-state index contributed by atoms with van der Waals surface area (Å²) < 4.78 is 27.1. The molecule has 0 aliphatic heterocycles. The number of carbonyl (C=O) groups excluding carboxylic acids is 1. The number of halogens is 4. The van der Waals surface area contributed by atoms with E-state index in [-0.39, 0.29) is 23.0 Å². The van der Waals surface area contributed by atoms with Crippen LogP contribution in [0.1, 0.15) is 5.56 Å². The molecule has 3 nitrogen and oxygen atoms in total. The number of anilines is 1. The molecule has 0 radical (unpaired) electrons. The predicted molar refractivity (Wildman–Crippen MR) is 88.3 cm³/mol. The van der Waals surface area contributed by atoms with Crippen molar-refractivity contribution in [3.8, 4) is 0 Å². The number of nitrogens with one attached hydrogen (secondary N) is 1. The smallest absolute Gasteiger partial charge is 0.230 e. The monoisotopic (exact) mass is 372 g/mol. The predicted octanol–water partition coefficient (Wildman–Crippen LogP) is 5.06. The van der Waals surface area contributed by atoms with E-state index in [2.05, 4.69) is 10.3 Å². The number of thiazole rings is 1. The van der Waals surface area contributed by atoms with Gasteiger partial charge in [-0.25, -0.2) is 13.8 Å². The maximum atomic E-state index is 13.6. The lowest BCUT2D eigenvalue weighted by Crippen LogP contribution is -2.14. The summed E-state index contributed by atoms with van der Waals surface area (Å²) in [6.07, 6.45) is 0.0592. The van der Waals surface area contributed by atoms with Crippen LogP contribution >= 0.6 is 34.5 Å². The van der Waals surface area contributed by atoms with E-state index in [1.54, 1.807) is 18.2 Å². The number of nitrogens with zero attached hydrogens (tertiary/aromatic N) is 1. The number of aromatic nitrogens is 1. The Labute approximate surface area is 143 Å². The van der Waals surface area contributed by atoms with Gasteiger partial charge in [-0.2, -0.15) is 0 Å². The summed E-state index contributed by atoms with van der Waals surface area (Å²) in [5.41, 5.74) is 0.705. The van der Waals surface area contributed by atoms with Crippen LogP contribution in [0.15, 0.2) is 30.3 Å². The third kappa shape index (κ3) is 3.60. The maximum Gasteiger partial charge on any atom is 0.230 e. The Bertz CT molecular complexity index is 914. The Morgan fingerprint density at radius 1 is 1.17 bits per heavy atom. The van der Waals surface area contributed by atoms with E-state index in [0.717, 1.165) is 17.4 Å². The lowest BCUT2D eigenvalue weighted by Gasteiger charge is -2.03. The van der Waals surface area contributed by atoms with Crippen molar-refractivity contribution >= 4 is 55.8 Å². The third-order valence-corrected chi connectivity index (χ3v) is 4.67. The van der Waals surface area contributed by atoms with Crippen LogP contribution in [0.2, 0.25) is 10.0 Å². The SMILES string of the molecule is O=C(Cc1ccc(Cl)c(Cl)c1)Nc1nc2c(F)cc(F)cc2s1. The molecular formula is C15H8Cl2F2N2OS. The van der Waals surface area contributed by atoms with Crippen LogP contribution in [0.25, 0.3) is 10.2 Å². The number of fused-ring (bicyclic) bond motifs is 1. The molecule has 0 atom stereocenters. The third-order valence-electron chi connectivity index (χ3n) is 3.01. The molecule has 0 saturated carbocycles. The molecule has 1 amide bonds. The normalized spacial score (nSPS) is 11.0. The van der Waals surface area contributed by atoms with Gasteiger partial charge in [0.25, 0.3) is 0 Å². The van der Waals surface area contributed by atoms with Crippen molar-refractivity contribution in [2.24, 2.45) is 0 Å². The molecule has 8 heteroatoms. The first kappa shape index (κ1) is 16.1. The van der Waals surface area contributed by atoms with Crippen molar-refractivity contribution in [1.82, 2.24) is 4.98 Å². The maximum absolute atomic E-state index is 13.6. The van der Waals surface area contributed by atoms with E-state index in [1.807, 2.05) is 0 Å². The molecule has 0 saturated heterocycles. The standard InChI is InChI=1S/C15H8Cl2F2N2OS/c16-9-2-1-7(3-10(9)17)4-13(22)20-15-21-14-11(19)5-8(18)6-12(14)23-15/h1-3,5-6H,4H2,(H,20,21,22). The molecule has 1 aromatic heterocycles. The van der Waals surface area contributed by atoms with Crippen LogP contribution in [-0.4, -0.2) is 10.9 Å². The fourth-order valence-electron chi connectivity index (χ4n) is 2.01. The van der Waals surface area contributed by atoms with Gasteiger partial charge in [0.2, 0.25) is 5.91 Å². The molecule has 1 N–H and O–H groups in total. The molecule has 23 heavy (non-hydrogen) atoms. The Hall–Kier alpha value is -1.76. The number of carbonyl (C=O) groups is 1. The summed E-state index contributed by atoms with van der Waals surface area (Å²) in [4.78, 5) is 16.0. The average molecular weight is 373 g/mol. The van der Waals surface area contributed by atoms with Crippen LogP contribution < -0.4 is 5.32 Å². The van der Waals surface area contributed by atoms with Gasteiger partial charge in [-0.15, -0.1) is 0 Å². The molecule has 1 heterocycles. The van der Waals surface area contributed by atoms with Crippen molar-refractivity contribution in [3.63, 3.8) is 0 Å². The van der Waals surface area contributed by atoms with Crippen molar-refractivity contribution < 1.29 is 13.6 Å². The van der Waals surface area contributed by atoms with E-state index in [1.165, 1.54) is 6.07 Å². The zero-order chi connectivity index (χ0) is 16.6. The largest absolute Gasteiger partial charge is 0.302 e. The van der Waals surface area contributed by atoms with E-state index >= 15 is 0 Å². The highest BCUT2D eigenvalue weighted by atomic mass is 35.5. The average Bonchev–Trinajstić information content (AvgIpc) is 2.85. The number of hydrogen-bond acceptors (Lipinski definition) is 3. The highest BCUT2D eigenvalue weighted by Crippen LogP contribution is 2.29. The molecule has 3 rings (SSSR count). The second-order valence-corrected chi connectivity index (χ2v) is 6.57.